The fourth-order valence-electron chi connectivity index (χ4n) is 6.28. The average molecular weight is 505 g/mol. The lowest BCUT2D eigenvalue weighted by Gasteiger charge is -2.31. The molecule has 2 aliphatic carbocycles. The van der Waals surface area contributed by atoms with E-state index in [1.54, 1.807) is 0 Å². The van der Waals surface area contributed by atoms with E-state index in [0.29, 0.717) is 24.7 Å². The highest BCUT2D eigenvalue weighted by molar-refractivity contribution is 5.21. The molecule has 6 heteroatoms. The number of hydrogen-bond acceptors (Lipinski definition) is 5. The number of aliphatic hydroxyl groups excluding tert-OH is 1. The van der Waals surface area contributed by atoms with Crippen LogP contribution in [0.5, 0.6) is 0 Å². The molecule has 5 nitrogen and oxygen atoms in total. The Morgan fingerprint density at radius 2 is 1.86 bits per heavy atom. The molecule has 0 aromatic carbocycles. The molecule has 0 radical (unpaired) electrons. The Balaban J connectivity index is 1.51. The number of halogens is 1. The van der Waals surface area contributed by atoms with Crippen LogP contribution in [0.15, 0.2) is 23.6 Å². The smallest absolute Gasteiger partial charge is 0.158 e. The summed E-state index contributed by atoms with van der Waals surface area (Å²) in [5.74, 6) is 7.20. The molecule has 0 aromatic rings. The first-order chi connectivity index (χ1) is 17.6. The van der Waals surface area contributed by atoms with Crippen LogP contribution in [0.25, 0.3) is 0 Å². The van der Waals surface area contributed by atoms with Gasteiger partial charge in [0.2, 0.25) is 0 Å². The molecule has 8 atom stereocenters. The van der Waals surface area contributed by atoms with Crippen molar-refractivity contribution >= 4 is 0 Å². The Hall–Kier alpha value is -1.23. The fraction of sp³-hybridized carbons (Fsp3) is 0.800. The van der Waals surface area contributed by atoms with Crippen LogP contribution in [0.4, 0.5) is 4.39 Å². The quantitative estimate of drug-likeness (QED) is 0.305. The molecule has 4 rings (SSSR count). The summed E-state index contributed by atoms with van der Waals surface area (Å²) in [6, 6.07) is 0. The molecule has 2 aliphatic heterocycles. The van der Waals surface area contributed by atoms with Gasteiger partial charge in [-0.2, -0.15) is 0 Å². The number of hydrogen-bond donors (Lipinski definition) is 1. The summed E-state index contributed by atoms with van der Waals surface area (Å²) in [4.78, 5) is 0. The maximum absolute atomic E-state index is 14.3. The first-order valence-electron chi connectivity index (χ1n) is 14.2. The van der Waals surface area contributed by atoms with E-state index in [4.69, 9.17) is 18.9 Å². The molecule has 4 fully saturated rings. The zero-order valence-corrected chi connectivity index (χ0v) is 22.1. The largest absolute Gasteiger partial charge is 0.389 e. The van der Waals surface area contributed by atoms with Gasteiger partial charge in [0.25, 0.3) is 0 Å². The van der Waals surface area contributed by atoms with Gasteiger partial charge in [-0.05, 0) is 81.1 Å². The minimum absolute atomic E-state index is 0.0554. The minimum Gasteiger partial charge on any atom is -0.389 e. The van der Waals surface area contributed by atoms with Gasteiger partial charge in [0.05, 0.1) is 18.8 Å². The molecule has 2 heterocycles. The molecule has 36 heavy (non-hydrogen) atoms. The van der Waals surface area contributed by atoms with E-state index in [9.17, 15) is 9.50 Å². The predicted octanol–water partition coefficient (Wildman–Crippen LogP) is 6.07. The molecular weight excluding hydrogens is 459 g/mol. The molecule has 0 spiro atoms. The van der Waals surface area contributed by atoms with E-state index in [-0.39, 0.29) is 42.5 Å². The van der Waals surface area contributed by atoms with Crippen molar-refractivity contribution in [3.8, 4) is 11.8 Å². The van der Waals surface area contributed by atoms with Crippen molar-refractivity contribution in [2.75, 3.05) is 19.8 Å². The molecule has 2 saturated carbocycles. The van der Waals surface area contributed by atoms with E-state index in [1.807, 2.05) is 0 Å². The fourth-order valence-corrected chi connectivity index (χ4v) is 6.28. The molecular formula is C30H45FO5. The SMILES string of the molecule is CCC#CC[C@H](C)[C@@H](/C=C\[C@@H]1[C@H]2CC(=C(F)CO)C[C@H]2C[C@H]1OC1CCCCO1)OC1CCCCO1. The summed E-state index contributed by atoms with van der Waals surface area (Å²) in [7, 11) is 0. The Bertz CT molecular complexity index is 802. The summed E-state index contributed by atoms with van der Waals surface area (Å²) in [5, 5.41) is 9.35. The summed E-state index contributed by atoms with van der Waals surface area (Å²) in [6.45, 7) is 5.26. The first-order valence-corrected chi connectivity index (χ1v) is 14.2. The molecule has 1 N–H and O–H groups in total. The minimum atomic E-state index is -0.501. The number of aliphatic hydroxyl groups is 1. The highest BCUT2D eigenvalue weighted by Gasteiger charge is 2.48. The second-order valence-corrected chi connectivity index (χ2v) is 11.0. The third-order valence-electron chi connectivity index (χ3n) is 8.30. The lowest BCUT2D eigenvalue weighted by Crippen LogP contribution is -2.32. The van der Waals surface area contributed by atoms with E-state index >= 15 is 0 Å². The van der Waals surface area contributed by atoms with Crippen molar-refractivity contribution in [3.63, 3.8) is 0 Å². The predicted molar refractivity (Wildman–Crippen MR) is 137 cm³/mol. The molecule has 0 aromatic heterocycles. The Morgan fingerprint density at radius 3 is 2.53 bits per heavy atom. The monoisotopic (exact) mass is 504 g/mol. The maximum Gasteiger partial charge on any atom is 0.158 e. The van der Waals surface area contributed by atoms with Gasteiger partial charge in [0.15, 0.2) is 12.6 Å². The van der Waals surface area contributed by atoms with Crippen LogP contribution in [-0.4, -0.2) is 49.7 Å². The summed E-state index contributed by atoms with van der Waals surface area (Å²) >= 11 is 0. The Labute approximate surface area is 216 Å². The van der Waals surface area contributed by atoms with Crippen LogP contribution >= 0.6 is 0 Å². The van der Waals surface area contributed by atoms with Crippen molar-refractivity contribution in [3.05, 3.63) is 23.6 Å². The van der Waals surface area contributed by atoms with Gasteiger partial charge in [0, 0.05) is 32.0 Å². The van der Waals surface area contributed by atoms with Crippen LogP contribution in [0.2, 0.25) is 0 Å². The zero-order chi connectivity index (χ0) is 25.3. The van der Waals surface area contributed by atoms with Crippen molar-refractivity contribution < 1.29 is 28.4 Å². The van der Waals surface area contributed by atoms with E-state index < -0.39 is 6.61 Å². The van der Waals surface area contributed by atoms with Gasteiger partial charge in [-0.15, -0.1) is 11.8 Å². The number of rotatable bonds is 9. The van der Waals surface area contributed by atoms with Crippen molar-refractivity contribution in [1.29, 1.82) is 0 Å². The van der Waals surface area contributed by atoms with Crippen LogP contribution in [-0.2, 0) is 18.9 Å². The van der Waals surface area contributed by atoms with Gasteiger partial charge < -0.3 is 24.1 Å². The van der Waals surface area contributed by atoms with Crippen LogP contribution in [0.3, 0.4) is 0 Å². The number of allylic oxidation sites excluding steroid dienone is 1. The van der Waals surface area contributed by atoms with E-state index in [1.165, 1.54) is 0 Å². The standard InChI is InChI=1S/C30H45FO5/c1-3-4-5-10-21(2)27(35-29-11-6-8-15-33-29)14-13-24-25-18-23(26(31)20-32)17-22(25)19-28(24)36-30-12-7-9-16-34-30/h13-14,21-22,24-25,27-30,32H,3,6-12,15-20H2,1-2H3/b14-13-,26-23?/t21-,22-,24+,25-,27+,28+,29?,30?/m0/s1. The van der Waals surface area contributed by atoms with E-state index in [2.05, 4.69) is 37.8 Å². The average Bonchev–Trinajstić information content (AvgIpc) is 3.45. The highest BCUT2D eigenvalue weighted by atomic mass is 19.1. The van der Waals surface area contributed by atoms with Gasteiger partial charge in [0.1, 0.15) is 5.83 Å². The van der Waals surface area contributed by atoms with Gasteiger partial charge in [-0.3, -0.25) is 0 Å². The lowest BCUT2D eigenvalue weighted by molar-refractivity contribution is -0.193. The van der Waals surface area contributed by atoms with E-state index in [0.717, 1.165) is 76.6 Å². The zero-order valence-electron chi connectivity index (χ0n) is 22.1. The van der Waals surface area contributed by atoms with Gasteiger partial charge in [-0.25, -0.2) is 4.39 Å². The highest BCUT2D eigenvalue weighted by Crippen LogP contribution is 2.52. The van der Waals surface area contributed by atoms with Crippen molar-refractivity contribution in [2.24, 2.45) is 23.7 Å². The van der Waals surface area contributed by atoms with Crippen LogP contribution in [0.1, 0.15) is 84.5 Å². The third-order valence-corrected chi connectivity index (χ3v) is 8.30. The van der Waals surface area contributed by atoms with Crippen molar-refractivity contribution in [2.45, 2.75) is 109 Å². The molecule has 2 saturated heterocycles. The molecule has 0 bridgehead atoms. The second kappa shape index (κ2) is 14.1. The molecule has 2 unspecified atom stereocenters. The van der Waals surface area contributed by atoms with Crippen molar-refractivity contribution in [1.82, 2.24) is 0 Å². The lowest BCUT2D eigenvalue weighted by atomic mass is 9.89. The summed E-state index contributed by atoms with van der Waals surface area (Å²) in [5.41, 5.74) is 0.782. The van der Waals surface area contributed by atoms with Gasteiger partial charge in [-0.1, -0.05) is 26.0 Å². The Morgan fingerprint density at radius 1 is 1.11 bits per heavy atom. The molecule has 0 amide bonds. The number of fused-ring (bicyclic) bond motifs is 1. The third kappa shape index (κ3) is 7.42. The van der Waals surface area contributed by atoms with Gasteiger partial charge >= 0.3 is 0 Å². The van der Waals surface area contributed by atoms with Crippen LogP contribution in [0, 0.1) is 35.5 Å². The first kappa shape index (κ1) is 27.8. The molecule has 4 aliphatic rings. The number of ether oxygens (including phenoxy) is 4. The maximum atomic E-state index is 14.3. The normalized spacial score (nSPS) is 35.8. The topological polar surface area (TPSA) is 57.2 Å². The summed E-state index contributed by atoms with van der Waals surface area (Å²) < 4.78 is 39.1. The second-order valence-electron chi connectivity index (χ2n) is 11.0. The van der Waals surface area contributed by atoms with Crippen LogP contribution < -0.4 is 0 Å². The molecule has 202 valence electrons. The summed E-state index contributed by atoms with van der Waals surface area (Å²) in [6.07, 6.45) is 14.3. The Kier molecular flexibility index (Phi) is 10.9.